The van der Waals surface area contributed by atoms with Crippen molar-refractivity contribution in [3.05, 3.63) is 0 Å². The van der Waals surface area contributed by atoms with Crippen LogP contribution in [0.5, 0.6) is 0 Å². The Morgan fingerprint density at radius 3 is 1.91 bits per heavy atom. The molecule has 0 aromatic heterocycles. The van der Waals surface area contributed by atoms with Gasteiger partial charge in [-0.15, -0.1) is 0 Å². The molecule has 7 heteroatoms. The van der Waals surface area contributed by atoms with Crippen LogP contribution in [0.4, 0.5) is 13.6 Å². The highest BCUT2D eigenvalue weighted by Crippen LogP contribution is 2.33. The average Bonchev–Trinajstić information content (AvgIpc) is 3.34. The van der Waals surface area contributed by atoms with Crippen LogP contribution in [-0.4, -0.2) is 47.9 Å². The van der Waals surface area contributed by atoms with Crippen LogP contribution >= 0.6 is 0 Å². The number of alkyl halides is 2. The molecule has 1 aliphatic heterocycles. The first-order valence-corrected chi connectivity index (χ1v) is 8.66. The van der Waals surface area contributed by atoms with Gasteiger partial charge in [-0.05, 0) is 38.5 Å². The predicted molar refractivity (Wildman–Crippen MR) is 81.2 cm³/mol. The molecular formula is C16H25F2N3O2. The lowest BCUT2D eigenvalue weighted by atomic mass is 9.92. The summed E-state index contributed by atoms with van der Waals surface area (Å²) >= 11 is 0. The number of hydrogen-bond donors (Lipinski definition) is 2. The molecule has 0 radical (unpaired) electrons. The van der Waals surface area contributed by atoms with Crippen molar-refractivity contribution in [2.45, 2.75) is 69.4 Å². The lowest BCUT2D eigenvalue weighted by Crippen LogP contribution is -2.51. The monoisotopic (exact) mass is 329 g/mol. The van der Waals surface area contributed by atoms with Crippen molar-refractivity contribution in [1.82, 2.24) is 15.5 Å². The topological polar surface area (TPSA) is 61.4 Å². The fraction of sp³-hybridized carbons (Fsp3) is 0.875. The molecule has 2 aliphatic carbocycles. The van der Waals surface area contributed by atoms with Gasteiger partial charge < -0.3 is 15.5 Å². The third-order valence-corrected chi connectivity index (χ3v) is 5.12. The molecule has 3 fully saturated rings. The Morgan fingerprint density at radius 1 is 0.870 bits per heavy atom. The molecule has 5 nitrogen and oxygen atoms in total. The SMILES string of the molecule is O=C(NC1CCN(C(=O)C2CC2)CC1)NC1CCC(F)(F)CC1. The van der Waals surface area contributed by atoms with Gasteiger partial charge in [-0.3, -0.25) is 4.79 Å². The van der Waals surface area contributed by atoms with Crippen molar-refractivity contribution in [2.75, 3.05) is 13.1 Å². The van der Waals surface area contributed by atoms with E-state index in [2.05, 4.69) is 10.6 Å². The molecule has 3 aliphatic rings. The summed E-state index contributed by atoms with van der Waals surface area (Å²) in [6.45, 7) is 1.38. The van der Waals surface area contributed by atoms with Crippen LogP contribution in [0.15, 0.2) is 0 Å². The minimum absolute atomic E-state index is 0.0586. The van der Waals surface area contributed by atoms with E-state index < -0.39 is 5.92 Å². The summed E-state index contributed by atoms with van der Waals surface area (Å²) in [6, 6.07) is -0.373. The van der Waals surface area contributed by atoms with Gasteiger partial charge in [0.2, 0.25) is 11.8 Å². The molecule has 3 rings (SSSR count). The molecular weight excluding hydrogens is 304 g/mol. The van der Waals surface area contributed by atoms with E-state index in [9.17, 15) is 18.4 Å². The second-order valence-corrected chi connectivity index (χ2v) is 7.12. The summed E-state index contributed by atoms with van der Waals surface area (Å²) in [6.07, 6.45) is 3.89. The standard InChI is InChI=1S/C16H25F2N3O2/c17-16(18)7-3-12(4-8-16)19-15(23)20-13-5-9-21(10-6-13)14(22)11-1-2-11/h11-13H,1-10H2,(H2,19,20,23). The van der Waals surface area contributed by atoms with Crippen molar-refractivity contribution in [3.8, 4) is 0 Å². The number of urea groups is 1. The summed E-state index contributed by atoms with van der Waals surface area (Å²) in [5, 5.41) is 5.72. The molecule has 130 valence electrons. The fourth-order valence-corrected chi connectivity index (χ4v) is 3.43. The zero-order chi connectivity index (χ0) is 16.4. The quantitative estimate of drug-likeness (QED) is 0.834. The highest BCUT2D eigenvalue weighted by Gasteiger charge is 2.36. The van der Waals surface area contributed by atoms with Crippen LogP contribution in [0.3, 0.4) is 0 Å². The molecule has 0 spiro atoms. The van der Waals surface area contributed by atoms with Gasteiger partial charge >= 0.3 is 6.03 Å². The first-order chi connectivity index (χ1) is 10.9. The predicted octanol–water partition coefficient (Wildman–Crippen LogP) is 2.26. The van der Waals surface area contributed by atoms with Crippen LogP contribution in [0, 0.1) is 5.92 Å². The minimum Gasteiger partial charge on any atom is -0.342 e. The molecule has 0 aromatic rings. The van der Waals surface area contributed by atoms with Gasteiger partial charge in [-0.2, -0.15) is 0 Å². The number of hydrogen-bond acceptors (Lipinski definition) is 2. The van der Waals surface area contributed by atoms with Crippen molar-refractivity contribution < 1.29 is 18.4 Å². The first-order valence-electron chi connectivity index (χ1n) is 8.66. The summed E-state index contributed by atoms with van der Waals surface area (Å²) in [7, 11) is 0. The largest absolute Gasteiger partial charge is 0.342 e. The number of piperidine rings is 1. The number of rotatable bonds is 3. The maximum atomic E-state index is 13.1. The number of halogens is 2. The molecule has 0 atom stereocenters. The van der Waals surface area contributed by atoms with E-state index in [0.29, 0.717) is 25.9 Å². The smallest absolute Gasteiger partial charge is 0.315 e. The summed E-state index contributed by atoms with van der Waals surface area (Å²) in [4.78, 5) is 25.9. The lowest BCUT2D eigenvalue weighted by Gasteiger charge is -2.33. The van der Waals surface area contributed by atoms with Crippen LogP contribution in [-0.2, 0) is 4.79 Å². The maximum Gasteiger partial charge on any atom is 0.315 e. The lowest BCUT2D eigenvalue weighted by molar-refractivity contribution is -0.133. The van der Waals surface area contributed by atoms with Gasteiger partial charge in [-0.1, -0.05) is 0 Å². The summed E-state index contributed by atoms with van der Waals surface area (Å²) < 4.78 is 26.2. The van der Waals surface area contributed by atoms with Crippen LogP contribution in [0.25, 0.3) is 0 Å². The third-order valence-electron chi connectivity index (χ3n) is 5.12. The van der Waals surface area contributed by atoms with E-state index in [-0.39, 0.29) is 42.8 Å². The first kappa shape index (κ1) is 16.5. The van der Waals surface area contributed by atoms with E-state index in [1.807, 2.05) is 4.90 Å². The highest BCUT2D eigenvalue weighted by atomic mass is 19.3. The minimum atomic E-state index is -2.57. The maximum absolute atomic E-state index is 13.1. The second kappa shape index (κ2) is 6.61. The van der Waals surface area contributed by atoms with Gasteiger partial charge in [0, 0.05) is 43.9 Å². The molecule has 0 bridgehead atoms. The number of amides is 3. The van der Waals surface area contributed by atoms with E-state index in [4.69, 9.17) is 0 Å². The Labute approximate surface area is 135 Å². The van der Waals surface area contributed by atoms with Gasteiger partial charge in [0.25, 0.3) is 0 Å². The third kappa shape index (κ3) is 4.54. The Morgan fingerprint density at radius 2 is 1.39 bits per heavy atom. The number of carbonyl (C=O) groups is 2. The number of carbonyl (C=O) groups excluding carboxylic acids is 2. The van der Waals surface area contributed by atoms with Crippen molar-refractivity contribution >= 4 is 11.9 Å². The zero-order valence-corrected chi connectivity index (χ0v) is 13.3. The normalized spacial score (nSPS) is 25.9. The fourth-order valence-electron chi connectivity index (χ4n) is 3.43. The average molecular weight is 329 g/mol. The Bertz CT molecular complexity index is 450. The van der Waals surface area contributed by atoms with Crippen LogP contribution < -0.4 is 10.6 Å². The van der Waals surface area contributed by atoms with Gasteiger partial charge in [0.1, 0.15) is 0 Å². The molecule has 0 aromatic carbocycles. The Hall–Kier alpha value is -1.40. The van der Waals surface area contributed by atoms with Crippen LogP contribution in [0.2, 0.25) is 0 Å². The summed E-state index contributed by atoms with van der Waals surface area (Å²) in [5.41, 5.74) is 0. The van der Waals surface area contributed by atoms with Crippen LogP contribution in [0.1, 0.15) is 51.4 Å². The van der Waals surface area contributed by atoms with E-state index in [1.54, 1.807) is 0 Å². The molecule has 0 unspecified atom stereocenters. The number of nitrogens with zero attached hydrogens (tertiary/aromatic N) is 1. The molecule has 1 saturated heterocycles. The number of nitrogens with one attached hydrogen (secondary N) is 2. The molecule has 2 N–H and O–H groups in total. The molecule has 3 amide bonds. The van der Waals surface area contributed by atoms with E-state index in [1.165, 1.54) is 0 Å². The van der Waals surface area contributed by atoms with Gasteiger partial charge in [0.05, 0.1) is 0 Å². The Balaban J connectivity index is 1.35. The second-order valence-electron chi connectivity index (χ2n) is 7.12. The highest BCUT2D eigenvalue weighted by molar-refractivity contribution is 5.81. The molecule has 2 saturated carbocycles. The van der Waals surface area contributed by atoms with Gasteiger partial charge in [-0.25, -0.2) is 13.6 Å². The van der Waals surface area contributed by atoms with Gasteiger partial charge in [0.15, 0.2) is 0 Å². The molecule has 1 heterocycles. The van der Waals surface area contributed by atoms with Crippen molar-refractivity contribution in [3.63, 3.8) is 0 Å². The van der Waals surface area contributed by atoms with E-state index in [0.717, 1.165) is 25.7 Å². The molecule has 23 heavy (non-hydrogen) atoms. The Kier molecular flexibility index (Phi) is 4.73. The van der Waals surface area contributed by atoms with Crippen molar-refractivity contribution in [1.29, 1.82) is 0 Å². The number of likely N-dealkylation sites (tertiary alicyclic amines) is 1. The van der Waals surface area contributed by atoms with E-state index >= 15 is 0 Å². The summed E-state index contributed by atoms with van der Waals surface area (Å²) in [5.74, 6) is -2.07. The van der Waals surface area contributed by atoms with Crippen molar-refractivity contribution in [2.24, 2.45) is 5.92 Å². The zero-order valence-electron chi connectivity index (χ0n) is 13.3.